The van der Waals surface area contributed by atoms with E-state index in [4.69, 9.17) is 10.3 Å². The van der Waals surface area contributed by atoms with Gasteiger partial charge < -0.3 is 15.4 Å². The summed E-state index contributed by atoms with van der Waals surface area (Å²) in [5.41, 5.74) is 8.44. The molecule has 2 unspecified atom stereocenters. The van der Waals surface area contributed by atoms with E-state index in [-0.39, 0.29) is 19.6 Å². The van der Waals surface area contributed by atoms with Crippen molar-refractivity contribution in [3.05, 3.63) is 71.8 Å². The van der Waals surface area contributed by atoms with Gasteiger partial charge in [0.1, 0.15) is 19.2 Å². The molecule has 152 valence electrons. The molecule has 2 aromatic rings. The molecule has 0 bridgehead atoms. The summed E-state index contributed by atoms with van der Waals surface area (Å²) in [6.45, 7) is 1.28. The van der Waals surface area contributed by atoms with Crippen molar-refractivity contribution in [3.63, 3.8) is 0 Å². The highest BCUT2D eigenvalue weighted by Crippen LogP contribution is 2.06. The van der Waals surface area contributed by atoms with Crippen molar-refractivity contribution in [3.8, 4) is 0 Å². The average molecular weight is 396 g/mol. The third kappa shape index (κ3) is 7.53. The van der Waals surface area contributed by atoms with Gasteiger partial charge in [0.2, 0.25) is 5.91 Å². The van der Waals surface area contributed by atoms with Crippen molar-refractivity contribution in [1.82, 2.24) is 10.6 Å². The van der Waals surface area contributed by atoms with Gasteiger partial charge in [0.25, 0.3) is 0 Å². The Morgan fingerprint density at radius 2 is 1.55 bits per heavy atom. The first-order chi connectivity index (χ1) is 14.0. The van der Waals surface area contributed by atoms with Crippen LogP contribution in [0.4, 0.5) is 4.79 Å². The molecule has 29 heavy (non-hydrogen) atoms. The largest absolute Gasteiger partial charge is 0.445 e. The minimum Gasteiger partial charge on any atom is -0.445 e. The van der Waals surface area contributed by atoms with E-state index in [1.165, 1.54) is 6.92 Å². The number of rotatable bonds is 10. The number of ether oxygens (including phenoxy) is 1. The van der Waals surface area contributed by atoms with Crippen LogP contribution in [0.5, 0.6) is 0 Å². The molecule has 3 N–H and O–H groups in total. The van der Waals surface area contributed by atoms with Crippen LogP contribution in [0.15, 0.2) is 65.8 Å². The second-order valence-electron chi connectivity index (χ2n) is 6.46. The number of hydrogen-bond acceptors (Lipinski definition) is 6. The van der Waals surface area contributed by atoms with Crippen LogP contribution in [0, 0.1) is 5.53 Å². The number of ketones is 1. The summed E-state index contributed by atoms with van der Waals surface area (Å²) in [5.74, 6) is -0.908. The molecule has 0 saturated heterocycles. The van der Waals surface area contributed by atoms with Gasteiger partial charge in [0, 0.05) is 6.42 Å². The minimum atomic E-state index is -0.927. The summed E-state index contributed by atoms with van der Waals surface area (Å²) in [4.78, 5) is 36.7. The number of carbonyl (C=O) groups is 3. The molecule has 0 aliphatic carbocycles. The predicted molar refractivity (Wildman–Crippen MR) is 106 cm³/mol. The Labute approximate surface area is 169 Å². The molecular formula is C21H24N4O4. The van der Waals surface area contributed by atoms with Crippen molar-refractivity contribution in [2.75, 3.05) is 6.54 Å². The highest BCUT2D eigenvalue weighted by atomic mass is 16.5. The summed E-state index contributed by atoms with van der Waals surface area (Å²) in [6, 6.07) is 16.6. The van der Waals surface area contributed by atoms with E-state index in [1.54, 1.807) is 0 Å². The Bertz CT molecular complexity index is 827. The number of Topliss-reactive ketones (excluding diaryl/α,β-unsaturated/α-hetero) is 1. The number of benzene rings is 2. The first-order valence-corrected chi connectivity index (χ1v) is 9.17. The quantitative estimate of drug-likeness (QED) is 0.535. The molecule has 0 aliphatic heterocycles. The van der Waals surface area contributed by atoms with Crippen LogP contribution in [0.1, 0.15) is 18.1 Å². The number of carbonyl (C=O) groups excluding carboxylic acids is 3. The smallest absolute Gasteiger partial charge is 0.408 e. The topological polar surface area (TPSA) is 121 Å². The van der Waals surface area contributed by atoms with Crippen LogP contribution in [0.2, 0.25) is 0 Å². The van der Waals surface area contributed by atoms with Gasteiger partial charge in [-0.25, -0.2) is 10.3 Å². The molecule has 8 heteroatoms. The first-order valence-electron chi connectivity index (χ1n) is 9.17. The lowest BCUT2D eigenvalue weighted by Gasteiger charge is -2.20. The molecule has 0 radical (unpaired) electrons. The van der Waals surface area contributed by atoms with E-state index in [1.807, 2.05) is 60.7 Å². The zero-order chi connectivity index (χ0) is 21.1. The molecule has 2 rings (SSSR count). The zero-order valence-corrected chi connectivity index (χ0v) is 16.1. The number of nitrogens with one attached hydrogen (secondary N) is 3. The molecule has 2 amide bonds. The molecular weight excluding hydrogens is 372 g/mol. The lowest BCUT2D eigenvalue weighted by atomic mass is 10.0. The summed E-state index contributed by atoms with van der Waals surface area (Å²) >= 11 is 0. The van der Waals surface area contributed by atoms with Crippen molar-refractivity contribution < 1.29 is 19.1 Å². The molecule has 0 aromatic heterocycles. The van der Waals surface area contributed by atoms with E-state index >= 15 is 0 Å². The highest BCUT2D eigenvalue weighted by molar-refractivity contribution is 5.92. The van der Waals surface area contributed by atoms with Crippen LogP contribution in [-0.2, 0) is 27.4 Å². The van der Waals surface area contributed by atoms with E-state index in [0.717, 1.165) is 11.1 Å². The second kappa shape index (κ2) is 11.3. The third-order valence-electron chi connectivity index (χ3n) is 4.18. The van der Waals surface area contributed by atoms with Gasteiger partial charge in [-0.2, -0.15) is 5.11 Å². The Kier molecular flexibility index (Phi) is 8.50. The van der Waals surface area contributed by atoms with E-state index in [9.17, 15) is 14.4 Å². The predicted octanol–water partition coefficient (Wildman–Crippen LogP) is 2.63. The second-order valence-corrected chi connectivity index (χ2v) is 6.46. The van der Waals surface area contributed by atoms with Crippen molar-refractivity contribution in [2.24, 2.45) is 5.11 Å². The van der Waals surface area contributed by atoms with Crippen LogP contribution in [0.25, 0.3) is 0 Å². The Morgan fingerprint density at radius 3 is 2.14 bits per heavy atom. The maximum absolute atomic E-state index is 12.7. The van der Waals surface area contributed by atoms with Gasteiger partial charge >= 0.3 is 6.09 Å². The van der Waals surface area contributed by atoms with Gasteiger partial charge in [-0.3, -0.25) is 9.59 Å². The fourth-order valence-corrected chi connectivity index (χ4v) is 2.58. The van der Waals surface area contributed by atoms with Crippen molar-refractivity contribution in [1.29, 1.82) is 5.53 Å². The van der Waals surface area contributed by atoms with Crippen LogP contribution < -0.4 is 10.6 Å². The fraction of sp³-hybridized carbons (Fsp3) is 0.286. The summed E-state index contributed by atoms with van der Waals surface area (Å²) in [7, 11) is 0. The van der Waals surface area contributed by atoms with Crippen molar-refractivity contribution in [2.45, 2.75) is 32.0 Å². The zero-order valence-electron chi connectivity index (χ0n) is 16.1. The molecule has 0 heterocycles. The normalized spacial score (nSPS) is 12.3. The van der Waals surface area contributed by atoms with E-state index < -0.39 is 29.9 Å². The molecule has 0 aliphatic rings. The van der Waals surface area contributed by atoms with Gasteiger partial charge in [-0.1, -0.05) is 60.7 Å². The standard InChI is InChI=1S/C21H24N4O4/c1-15(19(26)13-23-22)24-20(27)18(12-16-8-4-2-5-9-16)25-21(28)29-14-17-10-6-3-7-11-17/h2-11,15,18,22H,12-14H2,1H3,(H,24,27)(H,25,28). The minimum absolute atomic E-state index is 0.0756. The molecule has 0 spiro atoms. The molecule has 0 saturated carbocycles. The van der Waals surface area contributed by atoms with Gasteiger partial charge in [0.05, 0.1) is 6.04 Å². The summed E-state index contributed by atoms with van der Waals surface area (Å²) < 4.78 is 5.20. The van der Waals surface area contributed by atoms with E-state index in [2.05, 4.69) is 15.7 Å². The molecule has 2 atom stereocenters. The lowest BCUT2D eigenvalue weighted by Crippen LogP contribution is -2.52. The Morgan fingerprint density at radius 1 is 0.966 bits per heavy atom. The number of hydrogen-bond donors (Lipinski definition) is 3. The fourth-order valence-electron chi connectivity index (χ4n) is 2.58. The third-order valence-corrected chi connectivity index (χ3v) is 4.18. The molecule has 0 fully saturated rings. The van der Waals surface area contributed by atoms with Gasteiger partial charge in [0.15, 0.2) is 5.78 Å². The van der Waals surface area contributed by atoms with E-state index in [0.29, 0.717) is 0 Å². The Balaban J connectivity index is 2.01. The first kappa shape index (κ1) is 21.7. The number of nitrogens with zero attached hydrogens (tertiary/aromatic N) is 1. The monoisotopic (exact) mass is 396 g/mol. The Hall–Kier alpha value is -3.55. The van der Waals surface area contributed by atoms with Crippen molar-refractivity contribution >= 4 is 17.8 Å². The number of alkyl carbamates (subject to hydrolysis) is 1. The average Bonchev–Trinajstić information content (AvgIpc) is 2.73. The SMILES string of the molecule is CC(NC(=O)C(Cc1ccccc1)NC(=O)OCc1ccccc1)C(=O)CN=N. The van der Waals surface area contributed by atoms with Gasteiger partial charge in [-0.15, -0.1) is 0 Å². The van der Waals surface area contributed by atoms with Crippen LogP contribution >= 0.6 is 0 Å². The number of amides is 2. The maximum Gasteiger partial charge on any atom is 0.408 e. The maximum atomic E-state index is 12.7. The molecule has 8 nitrogen and oxygen atoms in total. The van der Waals surface area contributed by atoms with Gasteiger partial charge in [-0.05, 0) is 18.1 Å². The highest BCUT2D eigenvalue weighted by Gasteiger charge is 2.25. The molecule has 2 aromatic carbocycles. The van der Waals surface area contributed by atoms with Crippen LogP contribution in [-0.4, -0.2) is 36.4 Å². The van der Waals surface area contributed by atoms with Crippen LogP contribution in [0.3, 0.4) is 0 Å². The lowest BCUT2D eigenvalue weighted by molar-refractivity contribution is -0.128. The summed E-state index contributed by atoms with van der Waals surface area (Å²) in [5, 5.41) is 8.17. The summed E-state index contributed by atoms with van der Waals surface area (Å²) in [6.07, 6.45) is -0.498.